The molecule has 5 nitrogen and oxygen atoms in total. The fourth-order valence-electron chi connectivity index (χ4n) is 1.95. The summed E-state index contributed by atoms with van der Waals surface area (Å²) in [6.07, 6.45) is 3.43. The van der Waals surface area contributed by atoms with Crippen molar-refractivity contribution in [3.63, 3.8) is 0 Å². The molecule has 5 heteroatoms. The van der Waals surface area contributed by atoms with Gasteiger partial charge in [-0.1, -0.05) is 12.1 Å². The summed E-state index contributed by atoms with van der Waals surface area (Å²) in [5.41, 5.74) is 0.879. The molecule has 0 unspecified atom stereocenters. The van der Waals surface area contributed by atoms with E-state index < -0.39 is 0 Å². The van der Waals surface area contributed by atoms with Gasteiger partial charge in [0.15, 0.2) is 0 Å². The maximum absolute atomic E-state index is 12.3. The minimum Gasteiger partial charge on any atom is -0.497 e. The second kappa shape index (κ2) is 8.87. The van der Waals surface area contributed by atoms with Crippen LogP contribution in [-0.4, -0.2) is 43.6 Å². The van der Waals surface area contributed by atoms with Crippen LogP contribution in [-0.2, 0) is 14.3 Å². The molecule has 0 saturated carbocycles. The number of carbonyl (C=O) groups is 2. The molecule has 0 aliphatic rings. The fourth-order valence-corrected chi connectivity index (χ4v) is 1.95. The van der Waals surface area contributed by atoms with Gasteiger partial charge in [0.1, 0.15) is 5.75 Å². The van der Waals surface area contributed by atoms with Gasteiger partial charge >= 0.3 is 5.97 Å². The Kier molecular flexibility index (Phi) is 7.16. The number of methoxy groups -OCH3 is 2. The van der Waals surface area contributed by atoms with Crippen molar-refractivity contribution in [3.8, 4) is 5.75 Å². The molecule has 0 radical (unpaired) electrons. The van der Waals surface area contributed by atoms with Gasteiger partial charge in [-0.25, -0.2) is 0 Å². The summed E-state index contributed by atoms with van der Waals surface area (Å²) >= 11 is 0. The zero-order valence-electron chi connectivity index (χ0n) is 13.5. The predicted molar refractivity (Wildman–Crippen MR) is 85.5 cm³/mol. The van der Waals surface area contributed by atoms with Crippen molar-refractivity contribution in [2.45, 2.75) is 26.3 Å². The van der Waals surface area contributed by atoms with E-state index in [0.29, 0.717) is 6.54 Å². The summed E-state index contributed by atoms with van der Waals surface area (Å²) in [6, 6.07) is 7.45. The van der Waals surface area contributed by atoms with Gasteiger partial charge in [0.2, 0.25) is 5.91 Å². The monoisotopic (exact) mass is 305 g/mol. The minimum absolute atomic E-state index is 0.00659. The maximum Gasteiger partial charge on any atom is 0.307 e. The molecule has 1 rings (SSSR count). The zero-order chi connectivity index (χ0) is 16.5. The Balaban J connectivity index is 2.73. The first-order chi connectivity index (χ1) is 10.5. The molecule has 1 aromatic carbocycles. The Morgan fingerprint density at radius 2 is 2.00 bits per heavy atom. The Morgan fingerprint density at radius 1 is 1.27 bits per heavy atom. The lowest BCUT2D eigenvalue weighted by molar-refractivity contribution is -0.141. The second-order valence-electron chi connectivity index (χ2n) is 5.06. The van der Waals surface area contributed by atoms with Gasteiger partial charge in [0.05, 0.1) is 20.6 Å². The Bertz CT molecular complexity index is 537. The lowest BCUT2D eigenvalue weighted by atomic mass is 10.2. The number of nitrogens with zero attached hydrogens (tertiary/aromatic N) is 1. The zero-order valence-corrected chi connectivity index (χ0v) is 13.5. The molecule has 0 heterocycles. The molecule has 0 spiro atoms. The lowest BCUT2D eigenvalue weighted by Crippen LogP contribution is -2.37. The molecule has 0 saturated heterocycles. The van der Waals surface area contributed by atoms with E-state index in [4.69, 9.17) is 4.74 Å². The molecule has 120 valence electrons. The van der Waals surface area contributed by atoms with Crippen molar-refractivity contribution in [3.05, 3.63) is 35.9 Å². The van der Waals surface area contributed by atoms with Gasteiger partial charge in [-0.3, -0.25) is 9.59 Å². The first kappa shape index (κ1) is 17.8. The van der Waals surface area contributed by atoms with Crippen LogP contribution in [0, 0.1) is 0 Å². The van der Waals surface area contributed by atoms with Crippen molar-refractivity contribution < 1.29 is 19.1 Å². The van der Waals surface area contributed by atoms with Crippen molar-refractivity contribution >= 4 is 18.0 Å². The van der Waals surface area contributed by atoms with Crippen LogP contribution in [0.5, 0.6) is 5.75 Å². The molecule has 0 fully saturated rings. The van der Waals surface area contributed by atoms with E-state index in [0.717, 1.165) is 11.3 Å². The number of ether oxygens (including phenoxy) is 2. The van der Waals surface area contributed by atoms with E-state index in [1.165, 1.54) is 13.2 Å². The van der Waals surface area contributed by atoms with Gasteiger partial charge < -0.3 is 14.4 Å². The normalized spacial score (nSPS) is 10.8. The lowest BCUT2D eigenvalue weighted by Gasteiger charge is -2.25. The maximum atomic E-state index is 12.3. The van der Waals surface area contributed by atoms with Crippen molar-refractivity contribution in [1.29, 1.82) is 0 Å². The number of hydrogen-bond acceptors (Lipinski definition) is 4. The third-order valence-corrected chi connectivity index (χ3v) is 3.20. The summed E-state index contributed by atoms with van der Waals surface area (Å²) in [7, 11) is 2.94. The summed E-state index contributed by atoms with van der Waals surface area (Å²) in [6.45, 7) is 4.16. The largest absolute Gasteiger partial charge is 0.497 e. The molecule has 1 aromatic rings. The smallest absolute Gasteiger partial charge is 0.307 e. The van der Waals surface area contributed by atoms with Gasteiger partial charge in [0, 0.05) is 18.7 Å². The summed E-state index contributed by atoms with van der Waals surface area (Å²) in [5, 5.41) is 0. The predicted octanol–water partition coefficient (Wildman–Crippen LogP) is 2.51. The van der Waals surface area contributed by atoms with Crippen LogP contribution in [0.3, 0.4) is 0 Å². The minimum atomic E-state index is -0.324. The van der Waals surface area contributed by atoms with Crippen LogP contribution in [0.1, 0.15) is 25.8 Å². The third-order valence-electron chi connectivity index (χ3n) is 3.20. The highest BCUT2D eigenvalue weighted by Gasteiger charge is 2.15. The van der Waals surface area contributed by atoms with E-state index in [-0.39, 0.29) is 24.3 Å². The van der Waals surface area contributed by atoms with E-state index >= 15 is 0 Å². The number of rotatable bonds is 7. The SMILES string of the molecule is COC(=O)CCN(C(=O)/C=C/c1cccc(OC)c1)C(C)C. The standard InChI is InChI=1S/C17H23NO4/c1-13(2)18(11-10-17(20)22-4)16(19)9-8-14-6-5-7-15(12-14)21-3/h5-9,12-13H,10-11H2,1-4H3/b9-8+. The van der Waals surface area contributed by atoms with E-state index in [1.54, 1.807) is 18.1 Å². The summed E-state index contributed by atoms with van der Waals surface area (Å²) in [5.74, 6) is 0.276. The molecule has 0 aliphatic heterocycles. The van der Waals surface area contributed by atoms with Gasteiger partial charge in [-0.2, -0.15) is 0 Å². The van der Waals surface area contributed by atoms with Gasteiger partial charge in [-0.05, 0) is 37.6 Å². The van der Waals surface area contributed by atoms with Crippen molar-refractivity contribution in [2.24, 2.45) is 0 Å². The second-order valence-corrected chi connectivity index (χ2v) is 5.06. The number of amides is 1. The summed E-state index contributed by atoms with van der Waals surface area (Å²) < 4.78 is 9.75. The van der Waals surface area contributed by atoms with E-state index in [2.05, 4.69) is 4.74 Å². The van der Waals surface area contributed by atoms with Crippen LogP contribution in [0.4, 0.5) is 0 Å². The molecule has 22 heavy (non-hydrogen) atoms. The quantitative estimate of drug-likeness (QED) is 0.574. The molecule has 1 amide bonds. The van der Waals surface area contributed by atoms with Crippen LogP contribution < -0.4 is 4.74 Å². The molecule has 0 aliphatic carbocycles. The topological polar surface area (TPSA) is 55.8 Å². The fraction of sp³-hybridized carbons (Fsp3) is 0.412. The Labute approximate surface area is 131 Å². The van der Waals surface area contributed by atoms with E-state index in [1.807, 2.05) is 38.1 Å². The number of carbonyl (C=O) groups excluding carboxylic acids is 2. The van der Waals surface area contributed by atoms with Crippen LogP contribution in [0.2, 0.25) is 0 Å². The van der Waals surface area contributed by atoms with Crippen LogP contribution in [0.25, 0.3) is 6.08 Å². The van der Waals surface area contributed by atoms with Crippen LogP contribution in [0.15, 0.2) is 30.3 Å². The van der Waals surface area contributed by atoms with Crippen molar-refractivity contribution in [2.75, 3.05) is 20.8 Å². The molecule has 0 N–H and O–H groups in total. The number of benzene rings is 1. The molecule has 0 atom stereocenters. The number of esters is 1. The Morgan fingerprint density at radius 3 is 2.59 bits per heavy atom. The van der Waals surface area contributed by atoms with Gasteiger partial charge in [0.25, 0.3) is 0 Å². The average molecular weight is 305 g/mol. The Hall–Kier alpha value is -2.30. The first-order valence-electron chi connectivity index (χ1n) is 7.17. The van der Waals surface area contributed by atoms with Crippen LogP contribution >= 0.6 is 0 Å². The molecule has 0 bridgehead atoms. The average Bonchev–Trinajstić information content (AvgIpc) is 2.52. The highest BCUT2D eigenvalue weighted by molar-refractivity contribution is 5.92. The number of hydrogen-bond donors (Lipinski definition) is 0. The van der Waals surface area contributed by atoms with Crippen molar-refractivity contribution in [1.82, 2.24) is 4.90 Å². The highest BCUT2D eigenvalue weighted by atomic mass is 16.5. The first-order valence-corrected chi connectivity index (χ1v) is 7.17. The molecular formula is C17H23NO4. The highest BCUT2D eigenvalue weighted by Crippen LogP contribution is 2.14. The van der Waals surface area contributed by atoms with E-state index in [9.17, 15) is 9.59 Å². The molecule has 0 aromatic heterocycles. The summed E-state index contributed by atoms with van der Waals surface area (Å²) in [4.78, 5) is 25.1. The third kappa shape index (κ3) is 5.60. The van der Waals surface area contributed by atoms with Gasteiger partial charge in [-0.15, -0.1) is 0 Å². The molecular weight excluding hydrogens is 282 g/mol.